The van der Waals surface area contributed by atoms with E-state index in [9.17, 15) is 0 Å². The van der Waals surface area contributed by atoms with E-state index in [1.54, 1.807) is 0 Å². The van der Waals surface area contributed by atoms with Gasteiger partial charge in [0.05, 0.1) is 0 Å². The molecule has 2 aromatic rings. The van der Waals surface area contributed by atoms with Crippen LogP contribution in [0.4, 0.5) is 0 Å². The normalized spacial score (nSPS) is 10.3. The summed E-state index contributed by atoms with van der Waals surface area (Å²) in [5, 5.41) is 3.58. The van der Waals surface area contributed by atoms with Gasteiger partial charge in [-0.2, -0.15) is 0 Å². The summed E-state index contributed by atoms with van der Waals surface area (Å²) in [6, 6.07) is 22.0. The number of aryl methyl sites for hydroxylation is 2. The van der Waals surface area contributed by atoms with Crippen molar-refractivity contribution >= 4 is 0 Å². The van der Waals surface area contributed by atoms with Gasteiger partial charge in [0, 0.05) is 19.1 Å². The highest BCUT2D eigenvalue weighted by Crippen LogP contribution is 2.11. The molecule has 132 valence electrons. The first-order valence-electron chi connectivity index (χ1n) is 9.01. The molecule has 0 spiro atoms. The Kier molecular flexibility index (Phi) is 11.7. The summed E-state index contributed by atoms with van der Waals surface area (Å²) in [5.74, 6) is 0. The second-order valence-electron chi connectivity index (χ2n) is 5.90. The predicted molar refractivity (Wildman–Crippen MR) is 105 cm³/mol. The second kappa shape index (κ2) is 13.7. The average molecular weight is 328 g/mol. The first kappa shape index (κ1) is 20.4. The lowest BCUT2D eigenvalue weighted by Crippen LogP contribution is -2.34. The van der Waals surface area contributed by atoms with Crippen LogP contribution in [-0.4, -0.2) is 25.7 Å². The largest absolute Gasteiger partial charge is 0.331 e. The molecule has 0 unspecified atom stereocenters. The van der Waals surface area contributed by atoms with Gasteiger partial charge in [0.2, 0.25) is 0 Å². The Labute approximate surface area is 147 Å². The minimum Gasteiger partial charge on any atom is -0.331 e. The smallest absolute Gasteiger partial charge is 0.00771 e. The fraction of sp³-hybridized carbons (Fsp3) is 0.429. The van der Waals surface area contributed by atoms with Crippen LogP contribution in [0.5, 0.6) is 0 Å². The van der Waals surface area contributed by atoms with Crippen LogP contribution < -0.4 is 16.8 Å². The standard InChI is InChI=1S/C19H26N2.C2H7N/c20-15-16-21-19(13-11-17-7-3-1-4-8-17)14-12-18-9-5-2-6-10-18;1-2-3/h1-10,19,21H,11-16,20H2;2-3H2,1H3. The van der Waals surface area contributed by atoms with Crippen LogP contribution in [0.25, 0.3) is 0 Å². The fourth-order valence-corrected chi connectivity index (χ4v) is 2.61. The van der Waals surface area contributed by atoms with Crippen molar-refractivity contribution in [2.75, 3.05) is 19.6 Å². The van der Waals surface area contributed by atoms with Crippen LogP contribution in [0.1, 0.15) is 30.9 Å². The molecule has 3 nitrogen and oxygen atoms in total. The molecule has 2 aromatic carbocycles. The van der Waals surface area contributed by atoms with Gasteiger partial charge in [0.15, 0.2) is 0 Å². The molecule has 0 aliphatic carbocycles. The van der Waals surface area contributed by atoms with Gasteiger partial charge in [-0.05, 0) is 43.4 Å². The molecule has 0 amide bonds. The monoisotopic (exact) mass is 327 g/mol. The van der Waals surface area contributed by atoms with Crippen molar-refractivity contribution < 1.29 is 0 Å². The van der Waals surface area contributed by atoms with Crippen LogP contribution in [0.2, 0.25) is 0 Å². The molecule has 0 saturated heterocycles. The van der Waals surface area contributed by atoms with Gasteiger partial charge in [-0.15, -0.1) is 0 Å². The number of benzene rings is 2. The topological polar surface area (TPSA) is 64.1 Å². The molecule has 3 heteroatoms. The van der Waals surface area contributed by atoms with Gasteiger partial charge in [-0.1, -0.05) is 67.6 Å². The molecule has 0 aromatic heterocycles. The first-order chi connectivity index (χ1) is 11.8. The molecule has 0 atom stereocenters. The molecular formula is C21H33N3. The first-order valence-corrected chi connectivity index (χ1v) is 9.01. The molecule has 0 fully saturated rings. The average Bonchev–Trinajstić information content (AvgIpc) is 2.63. The van der Waals surface area contributed by atoms with Crippen LogP contribution in [-0.2, 0) is 12.8 Å². The lowest BCUT2D eigenvalue weighted by Gasteiger charge is -2.18. The van der Waals surface area contributed by atoms with Crippen LogP contribution in [0, 0.1) is 0 Å². The van der Waals surface area contributed by atoms with E-state index < -0.39 is 0 Å². The van der Waals surface area contributed by atoms with Crippen LogP contribution in [0.3, 0.4) is 0 Å². The van der Waals surface area contributed by atoms with Crippen molar-refractivity contribution in [3.8, 4) is 0 Å². The van der Waals surface area contributed by atoms with E-state index >= 15 is 0 Å². The molecule has 0 saturated carbocycles. The zero-order valence-corrected chi connectivity index (χ0v) is 15.0. The van der Waals surface area contributed by atoms with Crippen molar-refractivity contribution in [2.45, 2.75) is 38.6 Å². The number of rotatable bonds is 9. The Morgan fingerprint density at radius 2 is 1.21 bits per heavy atom. The summed E-state index contributed by atoms with van der Waals surface area (Å²) >= 11 is 0. The van der Waals surface area contributed by atoms with Gasteiger partial charge in [-0.3, -0.25) is 0 Å². The molecule has 5 N–H and O–H groups in total. The Bertz CT molecular complexity index is 456. The molecule has 0 aliphatic rings. The van der Waals surface area contributed by atoms with E-state index in [1.807, 2.05) is 6.92 Å². The van der Waals surface area contributed by atoms with E-state index in [-0.39, 0.29) is 0 Å². The maximum Gasteiger partial charge on any atom is 0.00771 e. The van der Waals surface area contributed by atoms with E-state index in [0.29, 0.717) is 12.6 Å². The summed E-state index contributed by atoms with van der Waals surface area (Å²) in [4.78, 5) is 0. The Hall–Kier alpha value is -1.68. The summed E-state index contributed by atoms with van der Waals surface area (Å²) in [5.41, 5.74) is 13.3. The van der Waals surface area contributed by atoms with Gasteiger partial charge in [0.25, 0.3) is 0 Å². The molecule has 24 heavy (non-hydrogen) atoms. The van der Waals surface area contributed by atoms with E-state index in [2.05, 4.69) is 66.0 Å². The third-order valence-corrected chi connectivity index (χ3v) is 3.83. The fourth-order valence-electron chi connectivity index (χ4n) is 2.61. The highest BCUT2D eigenvalue weighted by atomic mass is 14.9. The van der Waals surface area contributed by atoms with Gasteiger partial charge in [0.1, 0.15) is 0 Å². The minimum atomic E-state index is 0.536. The summed E-state index contributed by atoms with van der Waals surface area (Å²) < 4.78 is 0. The molecule has 0 bridgehead atoms. The maximum absolute atomic E-state index is 5.63. The predicted octanol–water partition coefficient (Wildman–Crippen LogP) is 3.13. The summed E-state index contributed by atoms with van der Waals surface area (Å²) in [6.45, 7) is 4.25. The Morgan fingerprint density at radius 3 is 1.58 bits per heavy atom. The Morgan fingerprint density at radius 1 is 0.792 bits per heavy atom. The number of hydrogen-bond acceptors (Lipinski definition) is 3. The number of nitrogens with one attached hydrogen (secondary N) is 1. The summed E-state index contributed by atoms with van der Waals surface area (Å²) in [6.07, 6.45) is 4.57. The van der Waals surface area contributed by atoms with Crippen molar-refractivity contribution in [1.82, 2.24) is 5.32 Å². The number of nitrogens with two attached hydrogens (primary N) is 2. The van der Waals surface area contributed by atoms with Crippen molar-refractivity contribution in [3.63, 3.8) is 0 Å². The molecule has 0 heterocycles. The van der Waals surface area contributed by atoms with Crippen molar-refractivity contribution in [3.05, 3.63) is 71.8 Å². The van der Waals surface area contributed by atoms with Crippen LogP contribution >= 0.6 is 0 Å². The van der Waals surface area contributed by atoms with Crippen molar-refractivity contribution in [1.29, 1.82) is 0 Å². The van der Waals surface area contributed by atoms with E-state index in [4.69, 9.17) is 11.5 Å². The van der Waals surface area contributed by atoms with E-state index in [0.717, 1.165) is 38.8 Å². The van der Waals surface area contributed by atoms with Gasteiger partial charge in [-0.25, -0.2) is 0 Å². The van der Waals surface area contributed by atoms with E-state index in [1.165, 1.54) is 11.1 Å². The molecule has 0 radical (unpaired) electrons. The second-order valence-corrected chi connectivity index (χ2v) is 5.90. The van der Waals surface area contributed by atoms with Crippen LogP contribution in [0.15, 0.2) is 60.7 Å². The highest BCUT2D eigenvalue weighted by Gasteiger charge is 2.08. The third-order valence-electron chi connectivity index (χ3n) is 3.83. The molecular weight excluding hydrogens is 294 g/mol. The molecule has 2 rings (SSSR count). The SMILES string of the molecule is CCN.NCCNC(CCc1ccccc1)CCc1ccccc1. The maximum atomic E-state index is 5.63. The zero-order chi connectivity index (χ0) is 17.5. The van der Waals surface area contributed by atoms with Gasteiger partial charge >= 0.3 is 0 Å². The number of hydrogen-bond donors (Lipinski definition) is 3. The lowest BCUT2D eigenvalue weighted by molar-refractivity contribution is 0.458. The quantitative estimate of drug-likeness (QED) is 0.663. The van der Waals surface area contributed by atoms with Gasteiger partial charge < -0.3 is 16.8 Å². The zero-order valence-electron chi connectivity index (χ0n) is 15.0. The molecule has 0 aliphatic heterocycles. The Balaban J connectivity index is 0.000000891. The highest BCUT2D eigenvalue weighted by molar-refractivity contribution is 5.16. The third kappa shape index (κ3) is 9.46. The van der Waals surface area contributed by atoms with Crippen molar-refractivity contribution in [2.24, 2.45) is 11.5 Å². The lowest BCUT2D eigenvalue weighted by atomic mass is 9.99. The summed E-state index contributed by atoms with van der Waals surface area (Å²) in [7, 11) is 0. The minimum absolute atomic E-state index is 0.536.